The van der Waals surface area contributed by atoms with Crippen LogP contribution in [0, 0.1) is 6.92 Å². The van der Waals surface area contributed by atoms with Crippen LogP contribution in [0.1, 0.15) is 47.1 Å². The van der Waals surface area contributed by atoms with Crippen LogP contribution in [0.5, 0.6) is 0 Å². The van der Waals surface area contributed by atoms with E-state index in [2.05, 4.69) is 5.32 Å². The summed E-state index contributed by atoms with van der Waals surface area (Å²) in [5.74, 6) is -0.818. The van der Waals surface area contributed by atoms with Crippen molar-refractivity contribution in [3.05, 3.63) is 95.6 Å². The van der Waals surface area contributed by atoms with Gasteiger partial charge >= 0.3 is 6.03 Å². The number of aryl methyl sites for hydroxylation is 1. The minimum Gasteiger partial charge on any atom is -0.350 e. The molecule has 3 aromatic carbocycles. The smallest absolute Gasteiger partial charge is 0.338 e. The highest BCUT2D eigenvalue weighted by Gasteiger charge is 2.36. The molecule has 0 saturated carbocycles. The van der Waals surface area contributed by atoms with Gasteiger partial charge in [0.1, 0.15) is 0 Å². The molecule has 7 heteroatoms. The van der Waals surface area contributed by atoms with Crippen molar-refractivity contribution in [2.45, 2.75) is 33.2 Å². The molecule has 0 bridgehead atoms. The summed E-state index contributed by atoms with van der Waals surface area (Å²) in [6.07, 6.45) is 0. The summed E-state index contributed by atoms with van der Waals surface area (Å²) in [5.41, 5.74) is 7.35. The highest BCUT2D eigenvalue weighted by atomic mass is 16.2. The van der Waals surface area contributed by atoms with Gasteiger partial charge in [0.2, 0.25) is 0 Å². The molecule has 3 rings (SSSR count). The molecule has 0 aliphatic rings. The normalized spacial score (nSPS) is 10.9. The zero-order valence-electron chi connectivity index (χ0n) is 19.2. The Hall–Kier alpha value is -4.13. The number of para-hydroxylation sites is 2. The predicted octanol–water partition coefficient (Wildman–Crippen LogP) is 4.99. The number of urea groups is 1. The lowest BCUT2D eigenvalue weighted by Crippen LogP contribution is -2.60. The lowest BCUT2D eigenvalue weighted by atomic mass is 10.0. The number of carbonyl (C=O) groups is 3. The summed E-state index contributed by atoms with van der Waals surface area (Å²) in [6, 6.07) is 21.8. The molecule has 0 unspecified atom stereocenters. The Bertz CT molecular complexity index is 1170. The number of hydrogen-bond donors (Lipinski definition) is 2. The van der Waals surface area contributed by atoms with E-state index in [1.165, 1.54) is 5.01 Å². The van der Waals surface area contributed by atoms with Gasteiger partial charge in [0.05, 0.1) is 22.5 Å². The van der Waals surface area contributed by atoms with Gasteiger partial charge in [-0.3, -0.25) is 9.59 Å². The van der Waals surface area contributed by atoms with Crippen molar-refractivity contribution in [3.63, 3.8) is 0 Å². The number of nitrogens with one attached hydrogen (secondary N) is 1. The quantitative estimate of drug-likeness (QED) is 0.555. The van der Waals surface area contributed by atoms with Crippen molar-refractivity contribution in [1.29, 1.82) is 0 Å². The molecule has 3 aromatic rings. The molecule has 33 heavy (non-hydrogen) atoms. The molecule has 0 heterocycles. The van der Waals surface area contributed by atoms with Crippen LogP contribution in [0.25, 0.3) is 0 Å². The lowest BCUT2D eigenvalue weighted by molar-refractivity contribution is 0.0570. The van der Waals surface area contributed by atoms with Gasteiger partial charge in [-0.2, -0.15) is 5.01 Å². The fraction of sp³-hybridized carbons (Fsp3) is 0.192. The average Bonchev–Trinajstić information content (AvgIpc) is 2.77. The lowest BCUT2D eigenvalue weighted by Gasteiger charge is -2.42. The Morgan fingerprint density at radius 1 is 0.848 bits per heavy atom. The molecule has 170 valence electrons. The van der Waals surface area contributed by atoms with Gasteiger partial charge in [-0.1, -0.05) is 48.0 Å². The third-order valence-electron chi connectivity index (χ3n) is 4.92. The Balaban J connectivity index is 2.03. The molecule has 0 aromatic heterocycles. The van der Waals surface area contributed by atoms with E-state index in [1.54, 1.807) is 87.5 Å². The van der Waals surface area contributed by atoms with E-state index in [-0.39, 0.29) is 11.5 Å². The van der Waals surface area contributed by atoms with Crippen LogP contribution in [-0.2, 0) is 0 Å². The number of rotatable bonds is 4. The van der Waals surface area contributed by atoms with Crippen LogP contribution in [0.3, 0.4) is 0 Å². The van der Waals surface area contributed by atoms with E-state index in [0.29, 0.717) is 16.9 Å². The highest BCUT2D eigenvalue weighted by Crippen LogP contribution is 2.28. The summed E-state index contributed by atoms with van der Waals surface area (Å²) < 4.78 is 0. The zero-order chi connectivity index (χ0) is 24.2. The maximum atomic E-state index is 13.8. The second-order valence-corrected chi connectivity index (χ2v) is 8.64. The largest absolute Gasteiger partial charge is 0.350 e. The molecule has 4 amide bonds. The predicted molar refractivity (Wildman–Crippen MR) is 130 cm³/mol. The number of carbonyl (C=O) groups excluding carboxylic acids is 3. The number of amides is 4. The van der Waals surface area contributed by atoms with Gasteiger partial charge in [0.15, 0.2) is 0 Å². The van der Waals surface area contributed by atoms with E-state index < -0.39 is 17.5 Å². The minimum atomic E-state index is -0.810. The number of nitrogens with two attached hydrogens (primary N) is 1. The third-order valence-corrected chi connectivity index (χ3v) is 4.92. The van der Waals surface area contributed by atoms with Crippen LogP contribution in [0.2, 0.25) is 0 Å². The van der Waals surface area contributed by atoms with Crippen molar-refractivity contribution in [3.8, 4) is 0 Å². The molecule has 0 atom stereocenters. The number of benzene rings is 3. The first-order valence-corrected chi connectivity index (χ1v) is 10.6. The van der Waals surface area contributed by atoms with Crippen molar-refractivity contribution >= 4 is 29.2 Å². The molecule has 0 fully saturated rings. The van der Waals surface area contributed by atoms with Crippen LogP contribution < -0.4 is 16.1 Å². The van der Waals surface area contributed by atoms with Gasteiger partial charge in [-0.05, 0) is 64.1 Å². The summed E-state index contributed by atoms with van der Waals surface area (Å²) in [5, 5.41) is 5.29. The first-order valence-electron chi connectivity index (χ1n) is 10.6. The standard InChI is InChI=1S/C26H28N4O3/c1-18-11-10-12-19(17-18)23(31)28-22-16-9-8-15-21(22)24(32)30(26(2,3)4)29(25(27)33)20-13-6-5-7-14-20/h5-17H,1-4H3,(H2,27,33)(H,28,31). The second kappa shape index (κ2) is 9.56. The van der Waals surface area contributed by atoms with E-state index >= 15 is 0 Å². The SMILES string of the molecule is Cc1cccc(C(=O)Nc2ccccc2C(=O)N(N(C(N)=O)c2ccccc2)C(C)(C)C)c1. The van der Waals surface area contributed by atoms with Crippen molar-refractivity contribution in [1.82, 2.24) is 5.01 Å². The van der Waals surface area contributed by atoms with Crippen LogP contribution in [0.4, 0.5) is 16.2 Å². The van der Waals surface area contributed by atoms with Gasteiger partial charge in [0, 0.05) is 5.56 Å². The van der Waals surface area contributed by atoms with Crippen molar-refractivity contribution in [2.24, 2.45) is 5.73 Å². The molecular weight excluding hydrogens is 416 g/mol. The Morgan fingerprint density at radius 3 is 2.09 bits per heavy atom. The van der Waals surface area contributed by atoms with E-state index in [9.17, 15) is 14.4 Å². The molecule has 0 aliphatic heterocycles. The number of hydrazine groups is 1. The summed E-state index contributed by atoms with van der Waals surface area (Å²) >= 11 is 0. The van der Waals surface area contributed by atoms with E-state index in [4.69, 9.17) is 5.73 Å². The van der Waals surface area contributed by atoms with Crippen molar-refractivity contribution in [2.75, 3.05) is 10.3 Å². The topological polar surface area (TPSA) is 95.7 Å². The fourth-order valence-corrected chi connectivity index (χ4v) is 3.48. The van der Waals surface area contributed by atoms with Crippen molar-refractivity contribution < 1.29 is 14.4 Å². The van der Waals surface area contributed by atoms with Crippen LogP contribution >= 0.6 is 0 Å². The van der Waals surface area contributed by atoms with Gasteiger partial charge in [-0.15, -0.1) is 0 Å². The van der Waals surface area contributed by atoms with Crippen LogP contribution in [0.15, 0.2) is 78.9 Å². The molecule has 0 spiro atoms. The van der Waals surface area contributed by atoms with E-state index in [1.807, 2.05) is 19.1 Å². The maximum Gasteiger partial charge on any atom is 0.338 e. The fourth-order valence-electron chi connectivity index (χ4n) is 3.48. The second-order valence-electron chi connectivity index (χ2n) is 8.64. The molecule has 0 radical (unpaired) electrons. The number of anilines is 2. The summed E-state index contributed by atoms with van der Waals surface area (Å²) in [7, 11) is 0. The number of hydrogen-bond acceptors (Lipinski definition) is 3. The first-order chi connectivity index (χ1) is 15.6. The maximum absolute atomic E-state index is 13.8. The minimum absolute atomic E-state index is 0.232. The number of nitrogens with zero attached hydrogens (tertiary/aromatic N) is 2. The molecular formula is C26H28N4O3. The highest BCUT2D eigenvalue weighted by molar-refractivity contribution is 6.10. The summed E-state index contributed by atoms with van der Waals surface area (Å²) in [6.45, 7) is 7.31. The zero-order valence-corrected chi connectivity index (χ0v) is 19.2. The molecule has 7 nitrogen and oxygen atoms in total. The van der Waals surface area contributed by atoms with Gasteiger partial charge in [-0.25, -0.2) is 9.80 Å². The monoisotopic (exact) mass is 444 g/mol. The molecule has 3 N–H and O–H groups in total. The Morgan fingerprint density at radius 2 is 1.48 bits per heavy atom. The Kier molecular flexibility index (Phi) is 6.82. The number of primary amides is 1. The molecule has 0 saturated heterocycles. The Labute approximate surface area is 193 Å². The van der Waals surface area contributed by atoms with Crippen LogP contribution in [-0.4, -0.2) is 28.4 Å². The third kappa shape index (κ3) is 5.38. The van der Waals surface area contributed by atoms with Gasteiger partial charge < -0.3 is 11.1 Å². The van der Waals surface area contributed by atoms with E-state index in [0.717, 1.165) is 10.6 Å². The average molecular weight is 445 g/mol. The summed E-state index contributed by atoms with van der Waals surface area (Å²) in [4.78, 5) is 39.2. The van der Waals surface area contributed by atoms with Gasteiger partial charge in [0.25, 0.3) is 11.8 Å². The molecule has 0 aliphatic carbocycles. The first kappa shape index (κ1) is 23.5.